The van der Waals surface area contributed by atoms with Crippen LogP contribution in [0, 0.1) is 11.6 Å². The zero-order valence-corrected chi connectivity index (χ0v) is 11.1. The van der Waals surface area contributed by atoms with Gasteiger partial charge in [-0.15, -0.1) is 0 Å². The van der Waals surface area contributed by atoms with Crippen molar-refractivity contribution in [1.82, 2.24) is 0 Å². The highest BCUT2D eigenvalue weighted by Crippen LogP contribution is 2.21. The molecule has 0 aliphatic heterocycles. The van der Waals surface area contributed by atoms with Gasteiger partial charge in [-0.3, -0.25) is 4.79 Å². The van der Waals surface area contributed by atoms with Crippen molar-refractivity contribution in [3.63, 3.8) is 0 Å². The van der Waals surface area contributed by atoms with Crippen LogP contribution in [0.15, 0.2) is 36.4 Å². The number of ketones is 1. The third-order valence-electron chi connectivity index (χ3n) is 2.60. The molecule has 0 aliphatic rings. The Kier molecular flexibility index (Phi) is 4.17. The molecule has 19 heavy (non-hydrogen) atoms. The van der Waals surface area contributed by atoms with Crippen molar-refractivity contribution in [1.29, 1.82) is 0 Å². The molecule has 0 radical (unpaired) electrons. The molecule has 0 aliphatic carbocycles. The molecular weight excluding hydrogens is 293 g/mol. The average Bonchev–Trinajstić information content (AvgIpc) is 2.32. The van der Waals surface area contributed by atoms with Crippen LogP contribution in [0.1, 0.15) is 15.9 Å². The Balaban J connectivity index is 2.25. The molecule has 0 atom stereocenters. The molecule has 98 valence electrons. The molecule has 0 saturated carbocycles. The number of hydrogen-bond donors (Lipinski definition) is 0. The topological polar surface area (TPSA) is 17.1 Å². The normalized spacial score (nSPS) is 10.5. The summed E-state index contributed by atoms with van der Waals surface area (Å²) in [6.07, 6.45) is -0.158. The lowest BCUT2D eigenvalue weighted by molar-refractivity contribution is 0.0992. The van der Waals surface area contributed by atoms with E-state index in [2.05, 4.69) is 0 Å². The van der Waals surface area contributed by atoms with Crippen LogP contribution < -0.4 is 0 Å². The number of benzene rings is 2. The quantitative estimate of drug-likeness (QED) is 0.751. The molecule has 0 N–H and O–H groups in total. The predicted octanol–water partition coefficient (Wildman–Crippen LogP) is 4.70. The van der Waals surface area contributed by atoms with Crippen molar-refractivity contribution >= 4 is 29.0 Å². The summed E-state index contributed by atoms with van der Waals surface area (Å²) in [6.45, 7) is 0. The lowest BCUT2D eigenvalue weighted by Gasteiger charge is -2.05. The Labute approximate surface area is 118 Å². The standard InChI is InChI=1S/C14H8Cl2F2O/c15-9-2-1-8(13(18)6-9)5-14(19)11-4-3-10(17)7-12(11)16/h1-4,6-7H,5H2. The molecule has 0 heterocycles. The monoisotopic (exact) mass is 300 g/mol. The van der Waals surface area contributed by atoms with Gasteiger partial charge in [0.1, 0.15) is 11.6 Å². The third-order valence-corrected chi connectivity index (χ3v) is 3.15. The minimum absolute atomic E-state index is 0.0133. The van der Waals surface area contributed by atoms with E-state index in [1.807, 2.05) is 0 Å². The summed E-state index contributed by atoms with van der Waals surface area (Å²) in [6, 6.07) is 7.54. The number of rotatable bonds is 3. The van der Waals surface area contributed by atoms with Crippen LogP contribution in [0.3, 0.4) is 0 Å². The number of halogens is 4. The number of Topliss-reactive ketones (excluding diaryl/α,β-unsaturated/α-hetero) is 1. The van der Waals surface area contributed by atoms with Crippen LogP contribution in [0.4, 0.5) is 8.78 Å². The number of carbonyl (C=O) groups is 1. The molecule has 2 aromatic rings. The average molecular weight is 301 g/mol. The number of carbonyl (C=O) groups excluding carboxylic acids is 1. The van der Waals surface area contributed by atoms with E-state index in [9.17, 15) is 13.6 Å². The van der Waals surface area contributed by atoms with Crippen molar-refractivity contribution in [3.8, 4) is 0 Å². The fourth-order valence-corrected chi connectivity index (χ4v) is 2.08. The van der Waals surface area contributed by atoms with E-state index in [0.717, 1.165) is 18.2 Å². The maximum absolute atomic E-state index is 13.6. The van der Waals surface area contributed by atoms with Crippen molar-refractivity contribution < 1.29 is 13.6 Å². The molecule has 0 bridgehead atoms. The zero-order valence-electron chi connectivity index (χ0n) is 9.59. The van der Waals surface area contributed by atoms with Gasteiger partial charge in [0.2, 0.25) is 0 Å². The van der Waals surface area contributed by atoms with Gasteiger partial charge in [-0.2, -0.15) is 0 Å². The van der Waals surface area contributed by atoms with Crippen LogP contribution in [0.25, 0.3) is 0 Å². The van der Waals surface area contributed by atoms with Crippen LogP contribution in [-0.2, 0) is 6.42 Å². The molecule has 0 saturated heterocycles. The molecule has 2 aromatic carbocycles. The van der Waals surface area contributed by atoms with Gasteiger partial charge in [0, 0.05) is 17.0 Å². The molecule has 0 unspecified atom stereocenters. The lowest BCUT2D eigenvalue weighted by atomic mass is 10.0. The molecule has 0 spiro atoms. The minimum Gasteiger partial charge on any atom is -0.294 e. The van der Waals surface area contributed by atoms with E-state index < -0.39 is 11.6 Å². The SMILES string of the molecule is O=C(Cc1ccc(Cl)cc1F)c1ccc(F)cc1Cl. The Morgan fingerprint density at radius 1 is 1.05 bits per heavy atom. The first-order valence-corrected chi connectivity index (χ1v) is 6.15. The Bertz CT molecular complexity index is 641. The van der Waals surface area contributed by atoms with Crippen molar-refractivity contribution in [2.45, 2.75) is 6.42 Å². The summed E-state index contributed by atoms with van der Waals surface area (Å²) in [7, 11) is 0. The fourth-order valence-electron chi connectivity index (χ4n) is 1.65. The van der Waals surface area contributed by atoms with Crippen LogP contribution in [0.2, 0.25) is 10.0 Å². The van der Waals surface area contributed by atoms with E-state index >= 15 is 0 Å². The zero-order chi connectivity index (χ0) is 14.0. The van der Waals surface area contributed by atoms with Crippen molar-refractivity contribution in [3.05, 3.63) is 69.2 Å². The smallest absolute Gasteiger partial charge is 0.168 e. The van der Waals surface area contributed by atoms with Gasteiger partial charge in [0.15, 0.2) is 5.78 Å². The van der Waals surface area contributed by atoms with Gasteiger partial charge in [-0.25, -0.2) is 8.78 Å². The molecule has 0 aromatic heterocycles. The van der Waals surface area contributed by atoms with Gasteiger partial charge in [-0.05, 0) is 35.9 Å². The second-order valence-corrected chi connectivity index (χ2v) is 4.80. The maximum Gasteiger partial charge on any atom is 0.168 e. The Morgan fingerprint density at radius 3 is 2.42 bits per heavy atom. The summed E-state index contributed by atoms with van der Waals surface area (Å²) in [4.78, 5) is 12.0. The van der Waals surface area contributed by atoms with Crippen LogP contribution in [0.5, 0.6) is 0 Å². The summed E-state index contributed by atoms with van der Waals surface area (Å²) in [5.41, 5.74) is 0.382. The van der Waals surface area contributed by atoms with Gasteiger partial charge >= 0.3 is 0 Å². The molecule has 5 heteroatoms. The van der Waals surface area contributed by atoms with Crippen molar-refractivity contribution in [2.24, 2.45) is 0 Å². The molecular formula is C14H8Cl2F2O. The highest BCUT2D eigenvalue weighted by molar-refractivity contribution is 6.34. The summed E-state index contributed by atoms with van der Waals surface area (Å²) in [5.74, 6) is -1.47. The highest BCUT2D eigenvalue weighted by Gasteiger charge is 2.14. The fraction of sp³-hybridized carbons (Fsp3) is 0.0714. The predicted molar refractivity (Wildman–Crippen MR) is 70.9 cm³/mol. The Morgan fingerprint density at radius 2 is 1.79 bits per heavy atom. The van der Waals surface area contributed by atoms with Crippen molar-refractivity contribution in [2.75, 3.05) is 0 Å². The Hall–Kier alpha value is -1.45. The first-order valence-electron chi connectivity index (χ1n) is 5.39. The molecule has 1 nitrogen and oxygen atoms in total. The van der Waals surface area contributed by atoms with Gasteiger partial charge in [0.05, 0.1) is 5.02 Å². The first kappa shape index (κ1) is 14.0. The van der Waals surface area contributed by atoms with Gasteiger partial charge in [0.25, 0.3) is 0 Å². The van der Waals surface area contributed by atoms with Gasteiger partial charge < -0.3 is 0 Å². The van der Waals surface area contributed by atoms with E-state index in [0.29, 0.717) is 0 Å². The molecule has 0 amide bonds. The van der Waals surface area contributed by atoms with E-state index in [4.69, 9.17) is 23.2 Å². The van der Waals surface area contributed by atoms with E-state index in [-0.39, 0.29) is 33.4 Å². The van der Waals surface area contributed by atoms with E-state index in [1.165, 1.54) is 18.2 Å². The summed E-state index contributed by atoms with van der Waals surface area (Å²) in [5, 5.41) is 0.271. The highest BCUT2D eigenvalue weighted by atomic mass is 35.5. The summed E-state index contributed by atoms with van der Waals surface area (Å²) >= 11 is 11.4. The second-order valence-electron chi connectivity index (χ2n) is 3.96. The maximum atomic E-state index is 13.6. The third kappa shape index (κ3) is 3.31. The van der Waals surface area contributed by atoms with Gasteiger partial charge in [-0.1, -0.05) is 29.3 Å². The molecule has 2 rings (SSSR count). The second kappa shape index (κ2) is 5.68. The number of hydrogen-bond acceptors (Lipinski definition) is 1. The minimum atomic E-state index is -0.556. The lowest BCUT2D eigenvalue weighted by Crippen LogP contribution is -2.06. The summed E-state index contributed by atoms with van der Waals surface area (Å²) < 4.78 is 26.4. The first-order chi connectivity index (χ1) is 8.97. The molecule has 0 fully saturated rings. The van der Waals surface area contributed by atoms with E-state index in [1.54, 1.807) is 0 Å². The van der Waals surface area contributed by atoms with Crippen LogP contribution in [-0.4, -0.2) is 5.78 Å². The van der Waals surface area contributed by atoms with Crippen LogP contribution >= 0.6 is 23.2 Å². The largest absolute Gasteiger partial charge is 0.294 e.